The summed E-state index contributed by atoms with van der Waals surface area (Å²) in [5.41, 5.74) is 1.93. The van der Waals surface area contributed by atoms with Gasteiger partial charge >= 0.3 is 0 Å². The maximum absolute atomic E-state index is 10.6. The molecule has 1 aromatic carbocycles. The maximum atomic E-state index is 10.6. The highest BCUT2D eigenvalue weighted by atomic mass is 79.9. The monoisotopic (exact) mass is 252 g/mol. The zero-order valence-electron chi connectivity index (χ0n) is 7.71. The van der Waals surface area contributed by atoms with Crippen LogP contribution in [0.15, 0.2) is 27.1 Å². The van der Waals surface area contributed by atoms with Crippen LogP contribution in [0.2, 0.25) is 0 Å². The van der Waals surface area contributed by atoms with Crippen molar-refractivity contribution in [2.45, 2.75) is 13.3 Å². The molecule has 3 heteroatoms. The summed E-state index contributed by atoms with van der Waals surface area (Å²) in [5, 5.41) is 0.971. The maximum Gasteiger partial charge on any atom is 0.185 e. The SMILES string of the molecule is CCc1cc(Br)cc2cc(C=O)oc12. The standard InChI is InChI=1S/C11H9BrO2/c1-2-7-3-9(12)4-8-5-10(6-13)14-11(7)8/h3-6H,2H2,1H3. The molecule has 2 rings (SSSR count). The molecular formula is C11H9BrO2. The number of rotatable bonds is 2. The number of hydrogen-bond donors (Lipinski definition) is 0. The van der Waals surface area contributed by atoms with Gasteiger partial charge in [-0.05, 0) is 30.2 Å². The number of aryl methyl sites for hydroxylation is 1. The third-order valence-electron chi connectivity index (χ3n) is 2.17. The first-order valence-electron chi connectivity index (χ1n) is 4.41. The second-order valence-electron chi connectivity index (χ2n) is 3.10. The van der Waals surface area contributed by atoms with Gasteiger partial charge in [0.1, 0.15) is 5.58 Å². The molecule has 0 aliphatic rings. The number of hydrogen-bond acceptors (Lipinski definition) is 2. The summed E-state index contributed by atoms with van der Waals surface area (Å²) >= 11 is 3.43. The molecule has 0 fully saturated rings. The molecule has 14 heavy (non-hydrogen) atoms. The quantitative estimate of drug-likeness (QED) is 0.766. The van der Waals surface area contributed by atoms with E-state index in [1.807, 2.05) is 12.1 Å². The van der Waals surface area contributed by atoms with E-state index < -0.39 is 0 Å². The lowest BCUT2D eigenvalue weighted by atomic mass is 10.1. The number of carbonyl (C=O) groups is 1. The van der Waals surface area contributed by atoms with Crippen LogP contribution in [0, 0.1) is 0 Å². The first kappa shape index (κ1) is 9.46. The Balaban J connectivity index is 2.77. The number of furan rings is 1. The zero-order valence-corrected chi connectivity index (χ0v) is 9.30. The van der Waals surface area contributed by atoms with Gasteiger partial charge in [-0.2, -0.15) is 0 Å². The second kappa shape index (κ2) is 3.58. The van der Waals surface area contributed by atoms with Gasteiger partial charge < -0.3 is 4.42 Å². The van der Waals surface area contributed by atoms with Crippen LogP contribution in [-0.4, -0.2) is 6.29 Å². The van der Waals surface area contributed by atoms with Crippen molar-refractivity contribution in [3.63, 3.8) is 0 Å². The van der Waals surface area contributed by atoms with E-state index in [-0.39, 0.29) is 0 Å². The molecule has 0 saturated carbocycles. The van der Waals surface area contributed by atoms with Gasteiger partial charge in [-0.25, -0.2) is 0 Å². The Morgan fingerprint density at radius 3 is 2.86 bits per heavy atom. The average Bonchev–Trinajstić information content (AvgIpc) is 2.59. The fourth-order valence-electron chi connectivity index (χ4n) is 1.53. The summed E-state index contributed by atoms with van der Waals surface area (Å²) in [6.07, 6.45) is 1.62. The van der Waals surface area contributed by atoms with Crippen molar-refractivity contribution in [1.82, 2.24) is 0 Å². The van der Waals surface area contributed by atoms with Crippen molar-refractivity contribution < 1.29 is 9.21 Å². The molecule has 0 radical (unpaired) electrons. The summed E-state index contributed by atoms with van der Waals surface area (Å²) in [5.74, 6) is 0.382. The zero-order chi connectivity index (χ0) is 10.1. The van der Waals surface area contributed by atoms with Crippen LogP contribution >= 0.6 is 15.9 Å². The van der Waals surface area contributed by atoms with Crippen molar-refractivity contribution in [2.75, 3.05) is 0 Å². The van der Waals surface area contributed by atoms with Gasteiger partial charge in [-0.1, -0.05) is 22.9 Å². The third kappa shape index (κ3) is 1.48. The van der Waals surface area contributed by atoms with Gasteiger partial charge in [-0.3, -0.25) is 4.79 Å². The van der Waals surface area contributed by atoms with Gasteiger partial charge in [-0.15, -0.1) is 0 Å². The highest BCUT2D eigenvalue weighted by Crippen LogP contribution is 2.27. The minimum absolute atomic E-state index is 0.382. The lowest BCUT2D eigenvalue weighted by molar-refractivity contribution is 0.110. The Kier molecular flexibility index (Phi) is 2.42. The summed E-state index contributed by atoms with van der Waals surface area (Å²) < 4.78 is 6.42. The molecule has 0 amide bonds. The lowest BCUT2D eigenvalue weighted by Gasteiger charge is -1.98. The fourth-order valence-corrected chi connectivity index (χ4v) is 2.05. The Hall–Kier alpha value is -1.09. The number of fused-ring (bicyclic) bond motifs is 1. The summed E-state index contributed by atoms with van der Waals surface area (Å²) in [6, 6.07) is 5.72. The number of carbonyl (C=O) groups excluding carboxylic acids is 1. The van der Waals surface area contributed by atoms with Crippen LogP contribution in [0.4, 0.5) is 0 Å². The van der Waals surface area contributed by atoms with Crippen molar-refractivity contribution in [2.24, 2.45) is 0 Å². The number of benzene rings is 1. The van der Waals surface area contributed by atoms with Crippen molar-refractivity contribution in [3.8, 4) is 0 Å². The number of aldehydes is 1. The molecule has 0 spiro atoms. The van der Waals surface area contributed by atoms with E-state index in [1.54, 1.807) is 6.07 Å². The summed E-state index contributed by atoms with van der Waals surface area (Å²) in [6.45, 7) is 2.06. The van der Waals surface area contributed by atoms with Crippen LogP contribution in [0.25, 0.3) is 11.0 Å². The topological polar surface area (TPSA) is 30.2 Å². The van der Waals surface area contributed by atoms with Gasteiger partial charge in [0.25, 0.3) is 0 Å². The van der Waals surface area contributed by atoms with Crippen LogP contribution in [0.3, 0.4) is 0 Å². The van der Waals surface area contributed by atoms with Crippen LogP contribution < -0.4 is 0 Å². The normalized spacial score (nSPS) is 10.7. The molecule has 0 N–H and O–H groups in total. The largest absolute Gasteiger partial charge is 0.453 e. The molecule has 0 aliphatic heterocycles. The fraction of sp³-hybridized carbons (Fsp3) is 0.182. The molecule has 0 aliphatic carbocycles. The van der Waals surface area contributed by atoms with Crippen LogP contribution in [0.5, 0.6) is 0 Å². The third-order valence-corrected chi connectivity index (χ3v) is 2.63. The predicted octanol–water partition coefficient (Wildman–Crippen LogP) is 3.57. The minimum atomic E-state index is 0.382. The van der Waals surface area contributed by atoms with E-state index in [4.69, 9.17) is 4.42 Å². The van der Waals surface area contributed by atoms with Gasteiger partial charge in [0, 0.05) is 9.86 Å². The summed E-state index contributed by atoms with van der Waals surface area (Å²) in [4.78, 5) is 10.6. The smallest absolute Gasteiger partial charge is 0.185 e. The average molecular weight is 253 g/mol. The molecule has 0 unspecified atom stereocenters. The first-order chi connectivity index (χ1) is 6.74. The Morgan fingerprint density at radius 1 is 1.43 bits per heavy atom. The van der Waals surface area contributed by atoms with Gasteiger partial charge in [0.05, 0.1) is 0 Å². The molecule has 72 valence electrons. The predicted molar refractivity (Wildman–Crippen MR) is 58.7 cm³/mol. The Morgan fingerprint density at radius 2 is 2.21 bits per heavy atom. The number of halogens is 1. The second-order valence-corrected chi connectivity index (χ2v) is 4.02. The Bertz CT molecular complexity index is 485. The van der Waals surface area contributed by atoms with E-state index >= 15 is 0 Å². The minimum Gasteiger partial charge on any atom is -0.453 e. The molecule has 0 atom stereocenters. The van der Waals surface area contributed by atoms with E-state index in [9.17, 15) is 4.79 Å². The van der Waals surface area contributed by atoms with Gasteiger partial charge in [0.2, 0.25) is 0 Å². The van der Waals surface area contributed by atoms with E-state index in [0.717, 1.165) is 33.7 Å². The first-order valence-corrected chi connectivity index (χ1v) is 5.21. The highest BCUT2D eigenvalue weighted by molar-refractivity contribution is 9.10. The summed E-state index contributed by atoms with van der Waals surface area (Å²) in [7, 11) is 0. The van der Waals surface area contributed by atoms with Crippen LogP contribution in [0.1, 0.15) is 23.0 Å². The highest BCUT2D eigenvalue weighted by Gasteiger charge is 2.07. The molecule has 1 heterocycles. The molecular weight excluding hydrogens is 244 g/mol. The molecule has 0 saturated heterocycles. The van der Waals surface area contributed by atoms with Crippen molar-refractivity contribution >= 4 is 33.2 Å². The Labute approximate surface area is 90.0 Å². The van der Waals surface area contributed by atoms with E-state index in [0.29, 0.717) is 5.76 Å². The molecule has 2 aromatic rings. The van der Waals surface area contributed by atoms with Crippen molar-refractivity contribution in [3.05, 3.63) is 34.0 Å². The molecule has 0 bridgehead atoms. The van der Waals surface area contributed by atoms with E-state index in [2.05, 4.69) is 22.9 Å². The molecule has 2 nitrogen and oxygen atoms in total. The lowest BCUT2D eigenvalue weighted by Crippen LogP contribution is -1.80. The molecule has 1 aromatic heterocycles. The van der Waals surface area contributed by atoms with Gasteiger partial charge in [0.15, 0.2) is 12.0 Å². The van der Waals surface area contributed by atoms with Crippen molar-refractivity contribution in [1.29, 1.82) is 0 Å². The van der Waals surface area contributed by atoms with Crippen LogP contribution in [-0.2, 0) is 6.42 Å². The van der Waals surface area contributed by atoms with E-state index in [1.165, 1.54) is 0 Å².